The molecule has 1 N–H and O–H groups in total. The van der Waals surface area contributed by atoms with E-state index in [1.54, 1.807) is 12.1 Å². The van der Waals surface area contributed by atoms with Crippen LogP contribution in [0.2, 0.25) is 5.02 Å². The van der Waals surface area contributed by atoms with Crippen LogP contribution < -0.4 is 5.56 Å². The normalized spacial score (nSPS) is 10.4. The molecule has 1 aromatic heterocycles. The van der Waals surface area contributed by atoms with E-state index in [0.29, 0.717) is 10.9 Å². The van der Waals surface area contributed by atoms with Crippen LogP contribution in [0, 0.1) is 0 Å². The lowest BCUT2D eigenvalue weighted by Gasteiger charge is -1.95. The third kappa shape index (κ3) is 0.987. The Balaban J connectivity index is 3.01. The van der Waals surface area contributed by atoms with Crippen molar-refractivity contribution in [2.75, 3.05) is 0 Å². The highest BCUT2D eigenvalue weighted by Gasteiger charge is 2.01. The van der Waals surface area contributed by atoms with Crippen LogP contribution in [-0.4, -0.2) is 10.2 Å². The van der Waals surface area contributed by atoms with Crippen molar-refractivity contribution in [1.29, 1.82) is 0 Å². The number of hydrogen-bond donors (Lipinski definition) is 1. The van der Waals surface area contributed by atoms with Crippen LogP contribution in [0.5, 0.6) is 0 Å². The molecule has 0 spiro atoms. The zero-order chi connectivity index (χ0) is 8.55. The van der Waals surface area contributed by atoms with Crippen molar-refractivity contribution in [3.05, 3.63) is 39.6 Å². The first-order valence-electron chi connectivity index (χ1n) is 3.42. The first-order chi connectivity index (χ1) is 5.79. The summed E-state index contributed by atoms with van der Waals surface area (Å²) in [5.41, 5.74) is 0.345. The molecule has 2 aromatic rings. The van der Waals surface area contributed by atoms with E-state index in [1.807, 2.05) is 12.1 Å². The maximum absolute atomic E-state index is 11.0. The minimum Gasteiger partial charge on any atom is -0.266 e. The molecule has 0 saturated heterocycles. The Morgan fingerprint density at radius 3 is 2.92 bits per heavy atom. The molecule has 0 amide bonds. The molecule has 3 nitrogen and oxygen atoms in total. The van der Waals surface area contributed by atoms with E-state index in [0.717, 1.165) is 0 Å². The minimum absolute atomic E-state index is 0.195. The molecular formula is C8H5ClN2O. The maximum atomic E-state index is 11.0. The van der Waals surface area contributed by atoms with Crippen molar-refractivity contribution in [2.45, 2.75) is 0 Å². The second-order valence-corrected chi connectivity index (χ2v) is 2.76. The Bertz CT molecular complexity index is 478. The van der Waals surface area contributed by atoms with Gasteiger partial charge in [-0.05, 0) is 6.07 Å². The Morgan fingerprint density at radius 2 is 2.08 bits per heavy atom. The second-order valence-electron chi connectivity index (χ2n) is 2.38. The average Bonchev–Trinajstić information content (AvgIpc) is 2.12. The van der Waals surface area contributed by atoms with Crippen LogP contribution in [0.1, 0.15) is 0 Å². The summed E-state index contributed by atoms with van der Waals surface area (Å²) in [4.78, 5) is 11.0. The van der Waals surface area contributed by atoms with E-state index in [4.69, 9.17) is 11.6 Å². The SMILES string of the molecule is O=c1[nH]nc2ccccc2c1Cl. The summed E-state index contributed by atoms with van der Waals surface area (Å²) in [7, 11) is 0. The predicted octanol–water partition coefficient (Wildman–Crippen LogP) is 1.58. The molecule has 0 bridgehead atoms. The van der Waals surface area contributed by atoms with E-state index in [-0.39, 0.29) is 10.6 Å². The highest BCUT2D eigenvalue weighted by Crippen LogP contribution is 2.15. The van der Waals surface area contributed by atoms with Gasteiger partial charge in [-0.1, -0.05) is 29.8 Å². The number of rotatable bonds is 0. The summed E-state index contributed by atoms with van der Waals surface area (Å²) < 4.78 is 0. The molecule has 1 heterocycles. The standard InChI is InChI=1S/C8H5ClN2O/c9-7-5-3-1-2-4-6(5)10-11-8(7)12/h1-4H,(H,11,12). The number of H-pyrrole nitrogens is 1. The topological polar surface area (TPSA) is 45.8 Å². The Kier molecular flexibility index (Phi) is 1.59. The van der Waals surface area contributed by atoms with Crippen LogP contribution in [-0.2, 0) is 0 Å². The molecule has 0 aliphatic heterocycles. The summed E-state index contributed by atoms with van der Waals surface area (Å²) in [6, 6.07) is 7.20. The summed E-state index contributed by atoms with van der Waals surface area (Å²) in [6.07, 6.45) is 0. The molecular weight excluding hydrogens is 176 g/mol. The molecule has 0 radical (unpaired) electrons. The molecule has 0 aliphatic carbocycles. The van der Waals surface area contributed by atoms with Gasteiger partial charge in [-0.3, -0.25) is 4.79 Å². The Morgan fingerprint density at radius 1 is 1.33 bits per heavy atom. The summed E-state index contributed by atoms with van der Waals surface area (Å²) in [6.45, 7) is 0. The molecule has 12 heavy (non-hydrogen) atoms. The summed E-state index contributed by atoms with van der Waals surface area (Å²) in [5, 5.41) is 7.00. The van der Waals surface area contributed by atoms with Crippen LogP contribution in [0.25, 0.3) is 10.9 Å². The van der Waals surface area contributed by atoms with Gasteiger partial charge >= 0.3 is 0 Å². The molecule has 0 unspecified atom stereocenters. The second kappa shape index (κ2) is 2.60. The lowest BCUT2D eigenvalue weighted by molar-refractivity contribution is 1.03. The molecule has 4 heteroatoms. The highest BCUT2D eigenvalue weighted by atomic mass is 35.5. The molecule has 0 saturated carbocycles. The average molecular weight is 181 g/mol. The van der Waals surface area contributed by atoms with Crippen LogP contribution in [0.15, 0.2) is 29.1 Å². The Labute approximate surface area is 73.0 Å². The minimum atomic E-state index is -0.352. The number of fused-ring (bicyclic) bond motifs is 1. The van der Waals surface area contributed by atoms with E-state index in [2.05, 4.69) is 10.2 Å². The number of nitrogens with zero attached hydrogens (tertiary/aromatic N) is 1. The van der Waals surface area contributed by atoms with Crippen molar-refractivity contribution in [1.82, 2.24) is 10.2 Å². The maximum Gasteiger partial charge on any atom is 0.283 e. The first-order valence-corrected chi connectivity index (χ1v) is 3.80. The number of nitrogens with one attached hydrogen (secondary N) is 1. The molecule has 60 valence electrons. The van der Waals surface area contributed by atoms with Gasteiger partial charge in [0.2, 0.25) is 0 Å². The van der Waals surface area contributed by atoms with Crippen molar-refractivity contribution >= 4 is 22.5 Å². The molecule has 0 aliphatic rings. The van der Waals surface area contributed by atoms with Crippen LogP contribution in [0.4, 0.5) is 0 Å². The van der Waals surface area contributed by atoms with Crippen molar-refractivity contribution in [3.63, 3.8) is 0 Å². The van der Waals surface area contributed by atoms with Gasteiger partial charge < -0.3 is 0 Å². The number of aromatic nitrogens is 2. The third-order valence-electron chi connectivity index (χ3n) is 1.62. The lowest BCUT2D eigenvalue weighted by Crippen LogP contribution is -2.08. The zero-order valence-electron chi connectivity index (χ0n) is 6.04. The predicted molar refractivity (Wildman–Crippen MR) is 47.4 cm³/mol. The van der Waals surface area contributed by atoms with Crippen molar-refractivity contribution in [3.8, 4) is 0 Å². The molecule has 0 atom stereocenters. The number of para-hydroxylation sites is 1. The van der Waals surface area contributed by atoms with E-state index in [1.165, 1.54) is 0 Å². The van der Waals surface area contributed by atoms with Gasteiger partial charge in [0.1, 0.15) is 5.02 Å². The van der Waals surface area contributed by atoms with Gasteiger partial charge in [-0.2, -0.15) is 5.10 Å². The fraction of sp³-hybridized carbons (Fsp3) is 0. The quantitative estimate of drug-likeness (QED) is 0.669. The van der Waals surface area contributed by atoms with Gasteiger partial charge in [0.15, 0.2) is 0 Å². The third-order valence-corrected chi connectivity index (χ3v) is 1.99. The van der Waals surface area contributed by atoms with E-state index < -0.39 is 0 Å². The zero-order valence-corrected chi connectivity index (χ0v) is 6.80. The Hall–Kier alpha value is -1.35. The lowest BCUT2D eigenvalue weighted by atomic mass is 10.2. The molecule has 1 aromatic carbocycles. The fourth-order valence-corrected chi connectivity index (χ4v) is 1.24. The molecule has 0 fully saturated rings. The van der Waals surface area contributed by atoms with E-state index >= 15 is 0 Å². The van der Waals surface area contributed by atoms with Crippen LogP contribution in [0.3, 0.4) is 0 Å². The number of halogens is 1. The number of benzene rings is 1. The smallest absolute Gasteiger partial charge is 0.266 e. The monoisotopic (exact) mass is 180 g/mol. The molecule has 2 rings (SSSR count). The van der Waals surface area contributed by atoms with Gasteiger partial charge in [0, 0.05) is 5.39 Å². The summed E-state index contributed by atoms with van der Waals surface area (Å²) in [5.74, 6) is 0. The van der Waals surface area contributed by atoms with Gasteiger partial charge in [0.05, 0.1) is 5.52 Å². The van der Waals surface area contributed by atoms with Crippen molar-refractivity contribution < 1.29 is 0 Å². The van der Waals surface area contributed by atoms with Gasteiger partial charge in [-0.15, -0.1) is 0 Å². The van der Waals surface area contributed by atoms with Crippen molar-refractivity contribution in [2.24, 2.45) is 0 Å². The summed E-state index contributed by atoms with van der Waals surface area (Å²) >= 11 is 5.74. The number of aromatic amines is 1. The van der Waals surface area contributed by atoms with Gasteiger partial charge in [-0.25, -0.2) is 5.10 Å². The van der Waals surface area contributed by atoms with E-state index in [9.17, 15) is 4.79 Å². The first kappa shape index (κ1) is 7.31. The highest BCUT2D eigenvalue weighted by molar-refractivity contribution is 6.35. The van der Waals surface area contributed by atoms with Crippen LogP contribution >= 0.6 is 11.6 Å². The number of hydrogen-bond acceptors (Lipinski definition) is 2. The largest absolute Gasteiger partial charge is 0.283 e. The van der Waals surface area contributed by atoms with Gasteiger partial charge in [0.25, 0.3) is 5.56 Å². The fourth-order valence-electron chi connectivity index (χ4n) is 1.04.